The highest BCUT2D eigenvalue weighted by atomic mass is 16.4. The molecule has 4 heteroatoms. The van der Waals surface area contributed by atoms with E-state index < -0.39 is 5.97 Å². The van der Waals surface area contributed by atoms with E-state index in [1.165, 1.54) is 22.3 Å². The van der Waals surface area contributed by atoms with Crippen LogP contribution >= 0.6 is 0 Å². The summed E-state index contributed by atoms with van der Waals surface area (Å²) >= 11 is 0. The maximum absolute atomic E-state index is 9.86. The second-order valence-electron chi connectivity index (χ2n) is 7.44. The largest absolute Gasteiger partial charge is 0.508 e. The average Bonchev–Trinajstić information content (AvgIpc) is 3.24. The highest BCUT2D eigenvalue weighted by Gasteiger charge is 2.15. The molecule has 4 aromatic rings. The standard InChI is InChI=1S/C13H10.2C6H6O.C5H8O2/c1-3-7-12-10(5-1)9-11-6-2-4-8-13(11)12;2*7-6-4-2-1-3-5-6;1-3-4(2)5(6)7/h1-8H,9H2;2*1-5,7H;3H,1-2H3,(H,6,7). The fraction of sp³-hybridized carbons (Fsp3) is 0.100. The van der Waals surface area contributed by atoms with Crippen LogP contribution in [0.3, 0.4) is 0 Å². The van der Waals surface area contributed by atoms with Crippen LogP contribution in [-0.2, 0) is 11.2 Å². The molecule has 1 aliphatic carbocycles. The fourth-order valence-corrected chi connectivity index (χ4v) is 3.06. The molecule has 0 saturated heterocycles. The van der Waals surface area contributed by atoms with Crippen LogP contribution < -0.4 is 0 Å². The molecule has 3 N–H and O–H groups in total. The van der Waals surface area contributed by atoms with Gasteiger partial charge in [-0.3, -0.25) is 0 Å². The normalized spacial score (nSPS) is 10.6. The monoisotopic (exact) mass is 454 g/mol. The van der Waals surface area contributed by atoms with Crippen molar-refractivity contribution in [1.29, 1.82) is 0 Å². The smallest absolute Gasteiger partial charge is 0.330 e. The Morgan fingerprint density at radius 2 is 1.00 bits per heavy atom. The van der Waals surface area contributed by atoms with Gasteiger partial charge in [0.25, 0.3) is 0 Å². The van der Waals surface area contributed by atoms with Crippen molar-refractivity contribution in [1.82, 2.24) is 0 Å². The summed E-state index contributed by atoms with van der Waals surface area (Å²) in [7, 11) is 0. The molecule has 0 bridgehead atoms. The Balaban J connectivity index is 0.000000170. The van der Waals surface area contributed by atoms with Gasteiger partial charge in [0.05, 0.1) is 0 Å². The quantitative estimate of drug-likeness (QED) is 0.237. The first-order valence-corrected chi connectivity index (χ1v) is 10.9. The Bertz CT molecular complexity index is 1100. The number of carbonyl (C=O) groups is 1. The van der Waals surface area contributed by atoms with E-state index in [9.17, 15) is 4.79 Å². The maximum Gasteiger partial charge on any atom is 0.330 e. The molecule has 0 aromatic heterocycles. The van der Waals surface area contributed by atoms with Crippen molar-refractivity contribution in [3.05, 3.63) is 132 Å². The van der Waals surface area contributed by atoms with E-state index in [-0.39, 0.29) is 0 Å². The summed E-state index contributed by atoms with van der Waals surface area (Å²) in [4.78, 5) is 9.86. The average molecular weight is 455 g/mol. The van der Waals surface area contributed by atoms with E-state index in [4.69, 9.17) is 15.3 Å². The fourth-order valence-electron chi connectivity index (χ4n) is 3.06. The molecule has 0 saturated carbocycles. The summed E-state index contributed by atoms with van der Waals surface area (Å²) in [5.74, 6) is -0.201. The first-order chi connectivity index (χ1) is 16.4. The predicted molar refractivity (Wildman–Crippen MR) is 138 cm³/mol. The summed E-state index contributed by atoms with van der Waals surface area (Å²) in [5, 5.41) is 25.4. The Morgan fingerprint density at radius 1 is 0.647 bits per heavy atom. The van der Waals surface area contributed by atoms with Gasteiger partial charge in [-0.1, -0.05) is 91.0 Å². The van der Waals surface area contributed by atoms with E-state index in [0.717, 1.165) is 6.42 Å². The van der Waals surface area contributed by atoms with Crippen molar-refractivity contribution in [3.8, 4) is 22.6 Å². The molecule has 174 valence electrons. The number of carboxylic acids is 1. The lowest BCUT2D eigenvalue weighted by Crippen LogP contribution is -1.93. The van der Waals surface area contributed by atoms with E-state index in [1.54, 1.807) is 68.5 Å². The van der Waals surface area contributed by atoms with E-state index in [2.05, 4.69) is 48.5 Å². The SMILES string of the molecule is CC=C(C)C(=O)O.Oc1ccccc1.Oc1ccccc1.c1ccc2c(c1)Cc1ccccc1-2. The number of aromatic hydroxyl groups is 2. The van der Waals surface area contributed by atoms with Gasteiger partial charge in [-0.05, 0) is 66.8 Å². The number of phenols is 2. The zero-order chi connectivity index (χ0) is 24.8. The molecule has 4 aromatic carbocycles. The highest BCUT2D eigenvalue weighted by Crippen LogP contribution is 2.35. The molecular formula is C30H30O4. The second kappa shape index (κ2) is 14.0. The molecule has 0 aliphatic heterocycles. The first kappa shape index (κ1) is 25.9. The van der Waals surface area contributed by atoms with Crippen molar-refractivity contribution in [2.24, 2.45) is 0 Å². The second-order valence-corrected chi connectivity index (χ2v) is 7.44. The molecule has 5 rings (SSSR count). The minimum Gasteiger partial charge on any atom is -0.508 e. The third-order valence-corrected chi connectivity index (χ3v) is 4.99. The maximum atomic E-state index is 9.86. The molecule has 1 aliphatic rings. The summed E-state index contributed by atoms with van der Waals surface area (Å²) in [6.45, 7) is 3.26. The van der Waals surface area contributed by atoms with E-state index in [1.807, 2.05) is 12.1 Å². The van der Waals surface area contributed by atoms with Gasteiger partial charge in [-0.15, -0.1) is 0 Å². The molecule has 34 heavy (non-hydrogen) atoms. The van der Waals surface area contributed by atoms with Crippen LogP contribution in [0.4, 0.5) is 0 Å². The van der Waals surface area contributed by atoms with Crippen LogP contribution in [0.25, 0.3) is 11.1 Å². The zero-order valence-corrected chi connectivity index (χ0v) is 19.4. The molecule has 0 unspecified atom stereocenters. The molecule has 0 radical (unpaired) electrons. The van der Waals surface area contributed by atoms with Crippen LogP contribution in [-0.4, -0.2) is 21.3 Å². The van der Waals surface area contributed by atoms with Crippen molar-refractivity contribution >= 4 is 5.97 Å². The number of para-hydroxylation sites is 2. The zero-order valence-electron chi connectivity index (χ0n) is 19.4. The Hall–Kier alpha value is -4.31. The number of rotatable bonds is 1. The van der Waals surface area contributed by atoms with Crippen LogP contribution in [0.1, 0.15) is 25.0 Å². The topological polar surface area (TPSA) is 77.8 Å². The van der Waals surface area contributed by atoms with E-state index in [0.29, 0.717) is 17.1 Å². The lowest BCUT2D eigenvalue weighted by molar-refractivity contribution is -0.132. The van der Waals surface area contributed by atoms with Gasteiger partial charge in [0.2, 0.25) is 0 Å². The Labute approximate surface area is 201 Å². The molecule has 0 amide bonds. The van der Waals surface area contributed by atoms with Gasteiger partial charge >= 0.3 is 5.97 Å². The molecule has 0 atom stereocenters. The van der Waals surface area contributed by atoms with Crippen LogP contribution in [0.15, 0.2) is 121 Å². The van der Waals surface area contributed by atoms with Gasteiger partial charge in [0.15, 0.2) is 0 Å². The minimum absolute atomic E-state index is 0.322. The molecule has 0 heterocycles. The van der Waals surface area contributed by atoms with Crippen LogP contribution in [0.2, 0.25) is 0 Å². The highest BCUT2D eigenvalue weighted by molar-refractivity contribution is 5.85. The van der Waals surface area contributed by atoms with Crippen LogP contribution in [0, 0.1) is 0 Å². The number of benzene rings is 4. The van der Waals surface area contributed by atoms with Crippen molar-refractivity contribution in [2.45, 2.75) is 20.3 Å². The van der Waals surface area contributed by atoms with Gasteiger partial charge in [-0.25, -0.2) is 4.79 Å². The number of allylic oxidation sites excluding steroid dienone is 1. The molecule has 4 nitrogen and oxygen atoms in total. The van der Waals surface area contributed by atoms with Crippen molar-refractivity contribution < 1.29 is 20.1 Å². The van der Waals surface area contributed by atoms with Gasteiger partial charge in [-0.2, -0.15) is 0 Å². The summed E-state index contributed by atoms with van der Waals surface area (Å²) in [6.07, 6.45) is 2.66. The van der Waals surface area contributed by atoms with Crippen molar-refractivity contribution in [3.63, 3.8) is 0 Å². The van der Waals surface area contributed by atoms with Gasteiger partial charge in [0, 0.05) is 5.57 Å². The number of aliphatic carboxylic acids is 1. The number of hydrogen-bond donors (Lipinski definition) is 3. The molecule has 0 spiro atoms. The lowest BCUT2D eigenvalue weighted by atomic mass is 10.1. The first-order valence-electron chi connectivity index (χ1n) is 10.9. The molecular weight excluding hydrogens is 424 g/mol. The van der Waals surface area contributed by atoms with Gasteiger partial charge in [0.1, 0.15) is 11.5 Å². The summed E-state index contributed by atoms with van der Waals surface area (Å²) in [5.41, 5.74) is 6.14. The Morgan fingerprint density at radius 3 is 1.26 bits per heavy atom. The van der Waals surface area contributed by atoms with Crippen LogP contribution in [0.5, 0.6) is 11.5 Å². The number of phenolic OH excluding ortho intramolecular Hbond substituents is 2. The van der Waals surface area contributed by atoms with Crippen molar-refractivity contribution in [2.75, 3.05) is 0 Å². The minimum atomic E-state index is -0.845. The summed E-state index contributed by atoms with van der Waals surface area (Å²) in [6, 6.07) is 34.7. The lowest BCUT2D eigenvalue weighted by Gasteiger charge is -1.98. The number of hydrogen-bond acceptors (Lipinski definition) is 3. The van der Waals surface area contributed by atoms with Gasteiger partial charge < -0.3 is 15.3 Å². The number of fused-ring (bicyclic) bond motifs is 3. The number of carboxylic acid groups (broad SMARTS) is 1. The van der Waals surface area contributed by atoms with E-state index >= 15 is 0 Å². The third kappa shape index (κ3) is 8.67. The summed E-state index contributed by atoms with van der Waals surface area (Å²) < 4.78 is 0. The third-order valence-electron chi connectivity index (χ3n) is 4.99. The predicted octanol–water partition coefficient (Wildman–Crippen LogP) is 7.08. The Kier molecular flexibility index (Phi) is 10.7. The molecule has 0 fully saturated rings.